The summed E-state index contributed by atoms with van der Waals surface area (Å²) in [5.41, 5.74) is 6.97. The van der Waals surface area contributed by atoms with Crippen LogP contribution in [-0.2, 0) is 9.59 Å². The Kier molecular flexibility index (Phi) is 12.2. The number of hydrogen-bond acceptors (Lipinski definition) is 12. The minimum Gasteiger partial charge on any atom is -0.496 e. The first-order chi connectivity index (χ1) is 28.0. The van der Waals surface area contributed by atoms with Crippen molar-refractivity contribution in [3.8, 4) is 23.5 Å². The van der Waals surface area contributed by atoms with Crippen molar-refractivity contribution < 1.29 is 38.1 Å². The Hall–Kier alpha value is -5.60. The molecule has 4 saturated heterocycles. The number of ether oxygens (including phenoxy) is 2. The number of nitrogens with two attached hydrogens (primary N) is 1. The van der Waals surface area contributed by atoms with Crippen LogP contribution in [0.15, 0.2) is 30.7 Å². The van der Waals surface area contributed by atoms with Crippen LogP contribution in [0.25, 0.3) is 10.8 Å². The van der Waals surface area contributed by atoms with Gasteiger partial charge in [-0.1, -0.05) is 18.8 Å². The smallest absolute Gasteiger partial charge is 0.255 e. The molecule has 7 rings (SSSR count). The summed E-state index contributed by atoms with van der Waals surface area (Å²) in [7, 11) is 1.44. The van der Waals surface area contributed by atoms with Crippen LogP contribution in [0.5, 0.6) is 11.6 Å². The van der Waals surface area contributed by atoms with E-state index in [1.54, 1.807) is 23.2 Å². The molecule has 0 bridgehead atoms. The van der Waals surface area contributed by atoms with E-state index in [1.807, 2.05) is 6.92 Å². The summed E-state index contributed by atoms with van der Waals surface area (Å²) in [4.78, 5) is 68.7. The zero-order valence-corrected chi connectivity index (χ0v) is 32.8. The van der Waals surface area contributed by atoms with E-state index in [0.717, 1.165) is 51.9 Å². The Labute approximate surface area is 336 Å². The van der Waals surface area contributed by atoms with Gasteiger partial charge in [-0.3, -0.25) is 24.1 Å². The molecule has 4 fully saturated rings. The van der Waals surface area contributed by atoms with Crippen LogP contribution in [0.1, 0.15) is 71.7 Å². The average molecular weight is 800 g/mol. The highest BCUT2D eigenvalue weighted by Gasteiger charge is 2.42. The Morgan fingerprint density at radius 2 is 1.78 bits per heavy atom. The van der Waals surface area contributed by atoms with Gasteiger partial charge in [0.05, 0.1) is 49.0 Å². The number of aliphatic hydroxyl groups excluding tert-OH is 1. The fourth-order valence-electron chi connectivity index (χ4n) is 8.46. The lowest BCUT2D eigenvalue weighted by Crippen LogP contribution is -2.47. The maximum atomic E-state index is 14.4. The number of amides is 4. The van der Waals surface area contributed by atoms with Gasteiger partial charge in [0.15, 0.2) is 6.17 Å². The Balaban J connectivity index is 0.926. The van der Waals surface area contributed by atoms with Gasteiger partial charge in [0.1, 0.15) is 12.4 Å². The van der Waals surface area contributed by atoms with Crippen LogP contribution < -0.4 is 30.7 Å². The van der Waals surface area contributed by atoms with Gasteiger partial charge < -0.3 is 40.7 Å². The molecular weight excluding hydrogens is 750 g/mol. The fourth-order valence-corrected chi connectivity index (χ4v) is 8.46. The SMILES string of the molecule is CC[C@@H]1C(F)C(=O)N[C@@H]1COc1ncc(C#CCN2CCC3(CC2)CCN(c2ncc(C(=O)NCC(=O)N4CCC(O)C4)cn2)CC3)c2cc(C(N)=O)c(OC)cc12. The number of pyridine rings is 1. The third-order valence-corrected chi connectivity index (χ3v) is 12.1. The number of nitrogens with one attached hydrogen (secondary N) is 2. The summed E-state index contributed by atoms with van der Waals surface area (Å²) >= 11 is 0. The van der Waals surface area contributed by atoms with Crippen LogP contribution in [-0.4, -0.2) is 138 Å². The number of fused-ring (bicyclic) bond motifs is 1. The number of primary amides is 1. The number of aromatic nitrogens is 3. The predicted molar refractivity (Wildman–Crippen MR) is 211 cm³/mol. The standard InChI is InChI=1S/C41H50FN9O7/c1-3-28-32(48-38(56)35(28)42)24-58-39-30-18-33(57-2)31(36(43)54)17-29(30)25(19-45-39)5-4-11-49-13-7-41(8-14-49)9-15-50(16-10-41)40-46-20-26(21-47-40)37(55)44-22-34(53)51-12-6-27(52)23-51/h17-21,27-28,32,35,52H,3,6-16,22-24H2,1-2H3,(H2,43,54)(H,44,55)(H,48,56)/t27?,28-,32+,35?/m0/s1. The molecule has 4 aliphatic heterocycles. The van der Waals surface area contributed by atoms with Gasteiger partial charge >= 0.3 is 0 Å². The highest BCUT2D eigenvalue weighted by Crippen LogP contribution is 2.42. The molecular formula is C41H50FN9O7. The minimum absolute atomic E-state index is 0.0194. The quantitative estimate of drug-likeness (QED) is 0.204. The number of β-amino-alcohol motifs (C(OH)–C–C–N with tert-alkyl or cyclic N) is 1. The number of hydrogen-bond donors (Lipinski definition) is 4. The average Bonchev–Trinajstić information content (AvgIpc) is 3.80. The topological polar surface area (TPSA) is 205 Å². The van der Waals surface area contributed by atoms with Crippen molar-refractivity contribution in [3.63, 3.8) is 0 Å². The molecule has 2 unspecified atom stereocenters. The minimum atomic E-state index is -1.59. The van der Waals surface area contributed by atoms with Crippen LogP contribution in [0.4, 0.5) is 10.3 Å². The van der Waals surface area contributed by atoms with Gasteiger partial charge in [-0.15, -0.1) is 0 Å². The number of likely N-dealkylation sites (tertiary alicyclic amines) is 2. The lowest BCUT2D eigenvalue weighted by molar-refractivity contribution is -0.129. The molecule has 0 saturated carbocycles. The first-order valence-electron chi connectivity index (χ1n) is 19.9. The monoisotopic (exact) mass is 799 g/mol. The number of anilines is 1. The molecule has 1 aromatic carbocycles. The van der Waals surface area contributed by atoms with Gasteiger partial charge in [-0.05, 0) is 69.2 Å². The van der Waals surface area contributed by atoms with Crippen molar-refractivity contribution in [1.82, 2.24) is 35.4 Å². The summed E-state index contributed by atoms with van der Waals surface area (Å²) in [5.74, 6) is 5.15. The van der Waals surface area contributed by atoms with Crippen molar-refractivity contribution in [2.45, 2.75) is 63.8 Å². The second kappa shape index (κ2) is 17.5. The van der Waals surface area contributed by atoms with E-state index in [2.05, 4.69) is 47.2 Å². The van der Waals surface area contributed by atoms with Crippen molar-refractivity contribution in [3.05, 3.63) is 47.4 Å². The first-order valence-corrected chi connectivity index (χ1v) is 19.9. The van der Waals surface area contributed by atoms with E-state index in [0.29, 0.717) is 48.2 Å². The molecule has 58 heavy (non-hydrogen) atoms. The second-order valence-corrected chi connectivity index (χ2v) is 15.6. The molecule has 6 heterocycles. The molecule has 1 spiro atoms. The molecule has 5 N–H and O–H groups in total. The lowest BCUT2D eigenvalue weighted by Gasteiger charge is -2.46. The van der Waals surface area contributed by atoms with Crippen molar-refractivity contribution in [2.75, 3.05) is 71.0 Å². The van der Waals surface area contributed by atoms with Crippen molar-refractivity contribution in [2.24, 2.45) is 17.1 Å². The number of alkyl halides is 1. The van der Waals surface area contributed by atoms with E-state index in [4.69, 9.17) is 15.2 Å². The number of nitrogens with zero attached hydrogens (tertiary/aromatic N) is 6. The molecule has 308 valence electrons. The summed E-state index contributed by atoms with van der Waals surface area (Å²) in [6, 6.07) is 2.75. The summed E-state index contributed by atoms with van der Waals surface area (Å²) < 4.78 is 25.9. The molecule has 3 aromatic rings. The van der Waals surface area contributed by atoms with Gasteiger partial charge in [0.2, 0.25) is 17.7 Å². The van der Waals surface area contributed by atoms with E-state index < -0.39 is 42.0 Å². The van der Waals surface area contributed by atoms with E-state index in [1.165, 1.54) is 19.5 Å². The van der Waals surface area contributed by atoms with E-state index >= 15 is 0 Å². The Morgan fingerprint density at radius 1 is 1.05 bits per heavy atom. The highest BCUT2D eigenvalue weighted by atomic mass is 19.1. The van der Waals surface area contributed by atoms with Gasteiger partial charge in [-0.2, -0.15) is 0 Å². The van der Waals surface area contributed by atoms with Gasteiger partial charge in [0, 0.05) is 61.5 Å². The Bertz CT molecular complexity index is 2090. The summed E-state index contributed by atoms with van der Waals surface area (Å²) in [6.45, 7) is 6.45. The number of carbonyl (C=O) groups is 4. The lowest BCUT2D eigenvalue weighted by atomic mass is 9.71. The maximum absolute atomic E-state index is 14.4. The number of aliphatic hydroxyl groups is 1. The molecule has 4 amide bonds. The zero-order valence-electron chi connectivity index (χ0n) is 32.8. The third-order valence-electron chi connectivity index (χ3n) is 12.1. The van der Waals surface area contributed by atoms with Crippen molar-refractivity contribution >= 4 is 40.3 Å². The number of rotatable bonds is 11. The molecule has 0 radical (unpaired) electrons. The van der Waals surface area contributed by atoms with Crippen molar-refractivity contribution in [1.29, 1.82) is 0 Å². The molecule has 17 heteroatoms. The summed E-state index contributed by atoms with van der Waals surface area (Å²) in [5, 5.41) is 16.1. The summed E-state index contributed by atoms with van der Waals surface area (Å²) in [6.07, 6.45) is 7.57. The number of benzene rings is 1. The van der Waals surface area contributed by atoms with E-state index in [9.17, 15) is 28.7 Å². The molecule has 0 aliphatic carbocycles. The largest absolute Gasteiger partial charge is 0.496 e. The zero-order chi connectivity index (χ0) is 41.0. The number of carbonyl (C=O) groups excluding carboxylic acids is 4. The normalized spacial score (nSPS) is 23.0. The van der Waals surface area contributed by atoms with E-state index in [-0.39, 0.29) is 53.8 Å². The molecule has 4 aliphatic rings. The predicted octanol–water partition coefficient (Wildman–Crippen LogP) is 1.43. The maximum Gasteiger partial charge on any atom is 0.255 e. The fraction of sp³-hybridized carbons (Fsp3) is 0.537. The van der Waals surface area contributed by atoms with Gasteiger partial charge in [-0.25, -0.2) is 19.3 Å². The second-order valence-electron chi connectivity index (χ2n) is 15.6. The number of methoxy groups -OCH3 is 1. The van der Waals surface area contributed by atoms with Crippen LogP contribution in [0.2, 0.25) is 0 Å². The Morgan fingerprint density at radius 3 is 2.43 bits per heavy atom. The number of halogens is 1. The molecule has 16 nitrogen and oxygen atoms in total. The van der Waals surface area contributed by atoms with Gasteiger partial charge in [0.25, 0.3) is 17.7 Å². The highest BCUT2D eigenvalue weighted by molar-refractivity contribution is 6.03. The van der Waals surface area contributed by atoms with Crippen LogP contribution in [0.3, 0.4) is 0 Å². The molecule has 4 atom stereocenters. The van der Waals surface area contributed by atoms with Crippen LogP contribution >= 0.6 is 0 Å². The third kappa shape index (κ3) is 8.77. The number of piperidine rings is 2. The first kappa shape index (κ1) is 40.6. The van der Waals surface area contributed by atoms with Crippen LogP contribution in [0, 0.1) is 23.2 Å². The molecule has 2 aromatic heterocycles.